The van der Waals surface area contributed by atoms with E-state index in [1.54, 1.807) is 6.19 Å². The average Bonchev–Trinajstić information content (AvgIpc) is 3.17. The van der Waals surface area contributed by atoms with Crippen molar-refractivity contribution in [1.82, 2.24) is 20.7 Å². The maximum absolute atomic E-state index is 13.4. The van der Waals surface area contributed by atoms with Crippen molar-refractivity contribution in [1.29, 1.82) is 5.26 Å². The highest BCUT2D eigenvalue weighted by atomic mass is 79.9. The molecule has 2 heterocycles. The molecule has 29 heavy (non-hydrogen) atoms. The minimum Gasteiger partial charge on any atom is -0.369 e. The molecule has 0 radical (unpaired) electrons. The summed E-state index contributed by atoms with van der Waals surface area (Å²) in [7, 11) is 0. The SMILES string of the molecule is N#CN=C(N)N1CCC(Nc2nonc2C(=Nc2ccc(F)c(Br)c2)NO)CC1. The molecule has 1 aromatic heterocycles. The maximum Gasteiger partial charge on any atom is 0.209 e. The van der Waals surface area contributed by atoms with E-state index in [-0.39, 0.29) is 28.0 Å². The van der Waals surface area contributed by atoms with Gasteiger partial charge in [-0.1, -0.05) is 0 Å². The van der Waals surface area contributed by atoms with Gasteiger partial charge in [0.1, 0.15) is 5.82 Å². The molecule has 0 atom stereocenters. The fourth-order valence-electron chi connectivity index (χ4n) is 2.82. The van der Waals surface area contributed by atoms with Gasteiger partial charge in [0.15, 0.2) is 11.5 Å². The molecule has 0 spiro atoms. The van der Waals surface area contributed by atoms with Crippen molar-refractivity contribution in [3.05, 3.63) is 34.2 Å². The van der Waals surface area contributed by atoms with Gasteiger partial charge in [-0.3, -0.25) is 10.7 Å². The lowest BCUT2D eigenvalue weighted by molar-refractivity contribution is 0.234. The van der Waals surface area contributed by atoms with Crippen LogP contribution in [0.1, 0.15) is 18.5 Å². The summed E-state index contributed by atoms with van der Waals surface area (Å²) < 4.78 is 18.4. The molecular formula is C16H17BrFN9O2. The second-order valence-corrected chi connectivity index (χ2v) is 6.96. The van der Waals surface area contributed by atoms with Crippen LogP contribution in [-0.2, 0) is 0 Å². The number of aliphatic imine (C=N–C) groups is 2. The lowest BCUT2D eigenvalue weighted by Crippen LogP contribution is -2.45. The summed E-state index contributed by atoms with van der Waals surface area (Å²) in [6.07, 6.45) is 3.09. The summed E-state index contributed by atoms with van der Waals surface area (Å²) in [5.74, 6) is 0.0393. The number of halogens is 2. The van der Waals surface area contributed by atoms with Crippen LogP contribution in [0.4, 0.5) is 15.9 Å². The molecule has 0 aliphatic carbocycles. The smallest absolute Gasteiger partial charge is 0.209 e. The Morgan fingerprint density at radius 1 is 1.41 bits per heavy atom. The molecule has 1 aliphatic heterocycles. The molecule has 0 amide bonds. The van der Waals surface area contributed by atoms with Crippen molar-refractivity contribution < 1.29 is 14.2 Å². The van der Waals surface area contributed by atoms with Gasteiger partial charge in [0, 0.05) is 19.1 Å². The van der Waals surface area contributed by atoms with E-state index < -0.39 is 5.82 Å². The van der Waals surface area contributed by atoms with Gasteiger partial charge in [-0.25, -0.2) is 14.0 Å². The highest BCUT2D eigenvalue weighted by Crippen LogP contribution is 2.24. The zero-order valence-corrected chi connectivity index (χ0v) is 16.6. The second-order valence-electron chi connectivity index (χ2n) is 6.11. The van der Waals surface area contributed by atoms with Gasteiger partial charge in [0.2, 0.25) is 18.0 Å². The number of benzene rings is 1. The Balaban J connectivity index is 1.72. The standard InChI is InChI=1S/C16H17BrFN9O2/c17-11-7-10(1-2-12(11)18)23-14(24-28)13-15(26-29-25-13)22-9-3-5-27(6-4-9)16(20)21-8-19/h1-2,7,9,28H,3-6H2,(H2,20,21)(H,22,26)(H,23,24). The number of nitrogens with zero attached hydrogens (tertiary/aromatic N) is 6. The summed E-state index contributed by atoms with van der Waals surface area (Å²) >= 11 is 3.09. The number of rotatable bonds is 4. The Hall–Kier alpha value is -3.24. The molecule has 1 aliphatic rings. The van der Waals surface area contributed by atoms with Crippen molar-refractivity contribution in [2.75, 3.05) is 18.4 Å². The fourth-order valence-corrected chi connectivity index (χ4v) is 3.19. The Kier molecular flexibility index (Phi) is 6.57. The number of hydrogen-bond acceptors (Lipinski definition) is 8. The van der Waals surface area contributed by atoms with Crippen molar-refractivity contribution in [3.8, 4) is 6.19 Å². The van der Waals surface area contributed by atoms with Gasteiger partial charge in [-0.15, -0.1) is 4.99 Å². The molecule has 5 N–H and O–H groups in total. The first-order valence-electron chi connectivity index (χ1n) is 8.52. The van der Waals surface area contributed by atoms with E-state index in [4.69, 9.17) is 15.6 Å². The van der Waals surface area contributed by atoms with Crippen molar-refractivity contribution >= 4 is 39.2 Å². The molecule has 1 fully saturated rings. The average molecular weight is 466 g/mol. The minimum atomic E-state index is -0.431. The first-order valence-corrected chi connectivity index (χ1v) is 9.31. The first kappa shape index (κ1) is 20.5. The fraction of sp³-hybridized carbons (Fsp3) is 0.312. The number of nitrogens with one attached hydrogen (secondary N) is 2. The van der Waals surface area contributed by atoms with Gasteiger partial charge in [0.05, 0.1) is 10.2 Å². The molecule has 2 aromatic rings. The van der Waals surface area contributed by atoms with Gasteiger partial charge in [0.25, 0.3) is 0 Å². The number of nitriles is 1. The van der Waals surface area contributed by atoms with Gasteiger partial charge < -0.3 is 16.0 Å². The van der Waals surface area contributed by atoms with Crippen LogP contribution in [0.5, 0.6) is 0 Å². The van der Waals surface area contributed by atoms with E-state index in [1.165, 1.54) is 18.2 Å². The molecule has 152 valence electrons. The number of likely N-dealkylation sites (tertiary alicyclic amines) is 1. The molecule has 0 saturated carbocycles. The van der Waals surface area contributed by atoms with Crippen LogP contribution in [0.25, 0.3) is 0 Å². The molecule has 0 unspecified atom stereocenters. The zero-order chi connectivity index (χ0) is 20.8. The van der Waals surface area contributed by atoms with Gasteiger partial charge in [-0.05, 0) is 57.3 Å². The van der Waals surface area contributed by atoms with E-state index in [2.05, 4.69) is 41.5 Å². The zero-order valence-electron chi connectivity index (χ0n) is 15.0. The number of piperidine rings is 1. The van der Waals surface area contributed by atoms with Gasteiger partial charge in [-0.2, -0.15) is 5.26 Å². The van der Waals surface area contributed by atoms with Crippen LogP contribution in [0.2, 0.25) is 0 Å². The minimum absolute atomic E-state index is 0.0184. The summed E-state index contributed by atoms with van der Waals surface area (Å²) in [5, 5.41) is 28.9. The van der Waals surface area contributed by atoms with E-state index >= 15 is 0 Å². The summed E-state index contributed by atoms with van der Waals surface area (Å²) in [4.78, 5) is 9.57. The number of hydrogen-bond donors (Lipinski definition) is 4. The first-order chi connectivity index (χ1) is 14.0. The Morgan fingerprint density at radius 2 is 2.17 bits per heavy atom. The van der Waals surface area contributed by atoms with Crippen LogP contribution in [0.3, 0.4) is 0 Å². The van der Waals surface area contributed by atoms with Gasteiger partial charge >= 0.3 is 0 Å². The molecule has 3 rings (SSSR count). The largest absolute Gasteiger partial charge is 0.369 e. The third-order valence-corrected chi connectivity index (χ3v) is 4.89. The number of hydroxylamine groups is 1. The summed E-state index contributed by atoms with van der Waals surface area (Å²) in [6, 6.07) is 4.18. The summed E-state index contributed by atoms with van der Waals surface area (Å²) in [6.45, 7) is 1.22. The lowest BCUT2D eigenvalue weighted by Gasteiger charge is -2.32. The van der Waals surface area contributed by atoms with E-state index in [0.717, 1.165) is 0 Å². The number of aromatic nitrogens is 2. The summed E-state index contributed by atoms with van der Waals surface area (Å²) in [5.41, 5.74) is 8.25. The predicted molar refractivity (Wildman–Crippen MR) is 105 cm³/mol. The van der Waals surface area contributed by atoms with E-state index in [1.807, 2.05) is 10.4 Å². The third kappa shape index (κ3) is 4.98. The number of nitrogens with two attached hydrogens (primary N) is 1. The number of anilines is 1. The van der Waals surface area contributed by atoms with Crippen molar-refractivity contribution in [3.63, 3.8) is 0 Å². The highest BCUT2D eigenvalue weighted by molar-refractivity contribution is 9.10. The number of guanidine groups is 1. The third-order valence-electron chi connectivity index (χ3n) is 4.29. The Labute approximate surface area is 173 Å². The van der Waals surface area contributed by atoms with Crippen LogP contribution in [0.15, 0.2) is 37.3 Å². The number of amidine groups is 1. The maximum atomic E-state index is 13.4. The molecule has 1 saturated heterocycles. The van der Waals surface area contributed by atoms with Crippen LogP contribution >= 0.6 is 15.9 Å². The van der Waals surface area contributed by atoms with Crippen molar-refractivity contribution in [2.24, 2.45) is 15.7 Å². The lowest BCUT2D eigenvalue weighted by atomic mass is 10.1. The molecule has 0 bridgehead atoms. The highest BCUT2D eigenvalue weighted by Gasteiger charge is 2.24. The van der Waals surface area contributed by atoms with E-state index in [0.29, 0.717) is 37.4 Å². The molecule has 1 aromatic carbocycles. The van der Waals surface area contributed by atoms with E-state index in [9.17, 15) is 9.60 Å². The molecule has 13 heteroatoms. The predicted octanol–water partition coefficient (Wildman–Crippen LogP) is 1.70. The normalized spacial score (nSPS) is 15.9. The van der Waals surface area contributed by atoms with Crippen LogP contribution in [-0.4, -0.2) is 51.3 Å². The molecular weight excluding hydrogens is 449 g/mol. The van der Waals surface area contributed by atoms with Crippen molar-refractivity contribution in [2.45, 2.75) is 18.9 Å². The topological polar surface area (TPSA) is 161 Å². The van der Waals surface area contributed by atoms with Crippen LogP contribution < -0.4 is 16.5 Å². The monoisotopic (exact) mass is 465 g/mol. The quantitative estimate of drug-likeness (QED) is 0.228. The Bertz CT molecular complexity index is 964. The second kappa shape index (κ2) is 9.30. The van der Waals surface area contributed by atoms with Crippen LogP contribution in [0, 0.1) is 17.3 Å². The Morgan fingerprint density at radius 3 is 2.83 bits per heavy atom. The molecule has 11 nitrogen and oxygen atoms in total.